The third-order valence-electron chi connectivity index (χ3n) is 3.46. The van der Waals surface area contributed by atoms with Gasteiger partial charge in [0.2, 0.25) is 5.91 Å². The molecule has 0 aliphatic carbocycles. The van der Waals surface area contributed by atoms with Crippen molar-refractivity contribution in [2.45, 2.75) is 32.4 Å². The molecule has 1 atom stereocenters. The summed E-state index contributed by atoms with van der Waals surface area (Å²) >= 11 is 3.55. The smallest absolute Gasteiger partial charge is 0.222 e. The summed E-state index contributed by atoms with van der Waals surface area (Å²) in [5, 5.41) is 3.52. The van der Waals surface area contributed by atoms with E-state index in [0.29, 0.717) is 12.5 Å². The number of benzene rings is 1. The van der Waals surface area contributed by atoms with Gasteiger partial charge in [0.1, 0.15) is 0 Å². The Morgan fingerprint density at radius 2 is 2.28 bits per heavy atom. The molecule has 1 amide bonds. The molecule has 4 heteroatoms. The molecule has 98 valence electrons. The Labute approximate surface area is 117 Å². The van der Waals surface area contributed by atoms with Crippen LogP contribution in [0, 0.1) is 6.92 Å². The molecule has 2 rings (SSSR count). The highest BCUT2D eigenvalue weighted by Gasteiger charge is 2.22. The van der Waals surface area contributed by atoms with Crippen molar-refractivity contribution in [2.24, 2.45) is 0 Å². The number of piperidine rings is 1. The van der Waals surface area contributed by atoms with E-state index in [-0.39, 0.29) is 5.91 Å². The first-order chi connectivity index (χ1) is 8.56. The quantitative estimate of drug-likeness (QED) is 0.930. The molecule has 1 fully saturated rings. The molecule has 1 heterocycles. The van der Waals surface area contributed by atoms with Crippen LogP contribution in [0.25, 0.3) is 0 Å². The standard InChI is InChI=1S/C14H19BrN2O/c1-10-3-4-11(7-13(10)15)8-16-12-5-6-14(18)17(2)9-12/h3-4,7,12,16H,5-6,8-9H2,1-2H3. The molecule has 1 aromatic rings. The summed E-state index contributed by atoms with van der Waals surface area (Å²) < 4.78 is 1.15. The topological polar surface area (TPSA) is 32.3 Å². The predicted octanol–water partition coefficient (Wildman–Crippen LogP) is 2.47. The van der Waals surface area contributed by atoms with Gasteiger partial charge < -0.3 is 10.2 Å². The number of carbonyl (C=O) groups excluding carboxylic acids is 1. The zero-order valence-corrected chi connectivity index (χ0v) is 12.5. The van der Waals surface area contributed by atoms with Crippen LogP contribution < -0.4 is 5.32 Å². The van der Waals surface area contributed by atoms with Crippen molar-refractivity contribution >= 4 is 21.8 Å². The Morgan fingerprint density at radius 3 is 2.94 bits per heavy atom. The molecule has 1 unspecified atom stereocenters. The van der Waals surface area contributed by atoms with Crippen LogP contribution in [0.15, 0.2) is 22.7 Å². The lowest BCUT2D eigenvalue weighted by Crippen LogP contribution is -2.46. The molecule has 1 aromatic carbocycles. The van der Waals surface area contributed by atoms with Crippen molar-refractivity contribution < 1.29 is 4.79 Å². The van der Waals surface area contributed by atoms with Crippen LogP contribution in [0.3, 0.4) is 0 Å². The molecule has 1 N–H and O–H groups in total. The number of nitrogens with zero attached hydrogens (tertiary/aromatic N) is 1. The molecule has 0 bridgehead atoms. The SMILES string of the molecule is Cc1ccc(CNC2CCC(=O)N(C)C2)cc1Br. The van der Waals surface area contributed by atoms with Crippen LogP contribution in [0.5, 0.6) is 0 Å². The molecular formula is C14H19BrN2O. The van der Waals surface area contributed by atoms with E-state index in [1.165, 1.54) is 11.1 Å². The highest BCUT2D eigenvalue weighted by molar-refractivity contribution is 9.10. The minimum absolute atomic E-state index is 0.256. The molecule has 3 nitrogen and oxygen atoms in total. The van der Waals surface area contributed by atoms with Crippen molar-refractivity contribution in [1.29, 1.82) is 0 Å². The highest BCUT2D eigenvalue weighted by Crippen LogP contribution is 2.18. The molecule has 1 aliphatic rings. The second-order valence-electron chi connectivity index (χ2n) is 4.97. The third-order valence-corrected chi connectivity index (χ3v) is 4.31. The summed E-state index contributed by atoms with van der Waals surface area (Å²) in [6.45, 7) is 3.75. The summed E-state index contributed by atoms with van der Waals surface area (Å²) in [6.07, 6.45) is 1.60. The minimum Gasteiger partial charge on any atom is -0.344 e. The Balaban J connectivity index is 1.88. The lowest BCUT2D eigenvalue weighted by molar-refractivity contribution is -0.132. The average Bonchev–Trinajstić information content (AvgIpc) is 2.35. The van der Waals surface area contributed by atoms with Crippen molar-refractivity contribution in [3.05, 3.63) is 33.8 Å². The summed E-state index contributed by atoms with van der Waals surface area (Å²) in [4.78, 5) is 13.2. The van der Waals surface area contributed by atoms with Crippen LogP contribution in [0.1, 0.15) is 24.0 Å². The van der Waals surface area contributed by atoms with E-state index in [9.17, 15) is 4.79 Å². The van der Waals surface area contributed by atoms with Gasteiger partial charge in [-0.15, -0.1) is 0 Å². The van der Waals surface area contributed by atoms with Gasteiger partial charge >= 0.3 is 0 Å². The van der Waals surface area contributed by atoms with Gasteiger partial charge in [-0.2, -0.15) is 0 Å². The second kappa shape index (κ2) is 5.85. The zero-order chi connectivity index (χ0) is 13.1. The summed E-state index contributed by atoms with van der Waals surface area (Å²) in [5.74, 6) is 0.256. The number of nitrogens with one attached hydrogen (secondary N) is 1. The van der Waals surface area contributed by atoms with E-state index in [1.807, 2.05) is 11.9 Å². The molecule has 0 aromatic heterocycles. The number of likely N-dealkylation sites (N-methyl/N-ethyl adjacent to an activating group) is 1. The van der Waals surface area contributed by atoms with Crippen LogP contribution in [0.4, 0.5) is 0 Å². The lowest BCUT2D eigenvalue weighted by atomic mass is 10.1. The fourth-order valence-corrected chi connectivity index (χ4v) is 2.61. The van der Waals surface area contributed by atoms with Gasteiger partial charge in [-0.05, 0) is 30.5 Å². The maximum Gasteiger partial charge on any atom is 0.222 e. The van der Waals surface area contributed by atoms with Crippen molar-refractivity contribution in [3.63, 3.8) is 0 Å². The monoisotopic (exact) mass is 310 g/mol. The number of hydrogen-bond donors (Lipinski definition) is 1. The fraction of sp³-hybridized carbons (Fsp3) is 0.500. The van der Waals surface area contributed by atoms with E-state index < -0.39 is 0 Å². The van der Waals surface area contributed by atoms with Crippen LogP contribution >= 0.6 is 15.9 Å². The largest absolute Gasteiger partial charge is 0.344 e. The van der Waals surface area contributed by atoms with E-state index >= 15 is 0 Å². The van der Waals surface area contributed by atoms with Gasteiger partial charge in [-0.1, -0.05) is 28.1 Å². The predicted molar refractivity (Wildman–Crippen MR) is 76.4 cm³/mol. The number of aryl methyl sites for hydroxylation is 1. The Hall–Kier alpha value is -0.870. The fourth-order valence-electron chi connectivity index (χ4n) is 2.19. The number of halogens is 1. The first-order valence-corrected chi connectivity index (χ1v) is 7.08. The molecule has 18 heavy (non-hydrogen) atoms. The Kier molecular flexibility index (Phi) is 4.40. The van der Waals surface area contributed by atoms with Gasteiger partial charge in [0.15, 0.2) is 0 Å². The van der Waals surface area contributed by atoms with E-state index in [4.69, 9.17) is 0 Å². The van der Waals surface area contributed by atoms with E-state index in [0.717, 1.165) is 24.0 Å². The van der Waals surface area contributed by atoms with Crippen molar-refractivity contribution in [3.8, 4) is 0 Å². The minimum atomic E-state index is 0.256. The van der Waals surface area contributed by atoms with Crippen LogP contribution in [-0.2, 0) is 11.3 Å². The molecule has 1 aliphatic heterocycles. The number of carbonyl (C=O) groups is 1. The molecule has 0 spiro atoms. The number of hydrogen-bond acceptors (Lipinski definition) is 2. The summed E-state index contributed by atoms with van der Waals surface area (Å²) in [7, 11) is 1.87. The summed E-state index contributed by atoms with van der Waals surface area (Å²) in [6, 6.07) is 6.83. The second-order valence-corrected chi connectivity index (χ2v) is 5.83. The maximum absolute atomic E-state index is 11.4. The lowest BCUT2D eigenvalue weighted by Gasteiger charge is -2.30. The normalized spacial score (nSPS) is 20.3. The Morgan fingerprint density at radius 1 is 1.50 bits per heavy atom. The molecule has 0 saturated carbocycles. The Bertz CT molecular complexity index is 447. The third kappa shape index (κ3) is 3.33. The number of rotatable bonds is 3. The number of amides is 1. The van der Waals surface area contributed by atoms with E-state index in [2.05, 4.69) is 46.4 Å². The van der Waals surface area contributed by atoms with Gasteiger partial charge in [-0.25, -0.2) is 0 Å². The first-order valence-electron chi connectivity index (χ1n) is 6.28. The number of likely N-dealkylation sites (tertiary alicyclic amines) is 1. The van der Waals surface area contributed by atoms with Crippen molar-refractivity contribution in [1.82, 2.24) is 10.2 Å². The molecule has 0 radical (unpaired) electrons. The first kappa shape index (κ1) is 13.6. The maximum atomic E-state index is 11.4. The van der Waals surface area contributed by atoms with Crippen LogP contribution in [-0.4, -0.2) is 30.4 Å². The van der Waals surface area contributed by atoms with Gasteiger partial charge in [0.25, 0.3) is 0 Å². The van der Waals surface area contributed by atoms with E-state index in [1.54, 1.807) is 0 Å². The molecular weight excluding hydrogens is 292 g/mol. The summed E-state index contributed by atoms with van der Waals surface area (Å²) in [5.41, 5.74) is 2.52. The van der Waals surface area contributed by atoms with Gasteiger partial charge in [-0.3, -0.25) is 4.79 Å². The zero-order valence-electron chi connectivity index (χ0n) is 10.9. The van der Waals surface area contributed by atoms with Gasteiger partial charge in [0.05, 0.1) is 0 Å². The average molecular weight is 311 g/mol. The van der Waals surface area contributed by atoms with Gasteiger partial charge in [0, 0.05) is 37.1 Å². The highest BCUT2D eigenvalue weighted by atomic mass is 79.9. The van der Waals surface area contributed by atoms with Crippen molar-refractivity contribution in [2.75, 3.05) is 13.6 Å². The molecule has 1 saturated heterocycles. The van der Waals surface area contributed by atoms with Crippen LogP contribution in [0.2, 0.25) is 0 Å².